The number of morpholine rings is 1. The minimum atomic E-state index is -0.116. The summed E-state index contributed by atoms with van der Waals surface area (Å²) in [5, 5.41) is 4.33. The van der Waals surface area contributed by atoms with Gasteiger partial charge in [0.05, 0.1) is 24.9 Å². The highest BCUT2D eigenvalue weighted by Gasteiger charge is 2.38. The summed E-state index contributed by atoms with van der Waals surface area (Å²) in [5.41, 5.74) is 1.66. The summed E-state index contributed by atoms with van der Waals surface area (Å²) in [6, 6.07) is 3.57. The van der Waals surface area contributed by atoms with Gasteiger partial charge in [-0.2, -0.15) is 5.10 Å². The first-order valence-electron chi connectivity index (χ1n) is 9.49. The molecule has 0 aliphatic carbocycles. The molecule has 2 aromatic heterocycles. The highest BCUT2D eigenvalue weighted by molar-refractivity contribution is 5.92. The average Bonchev–Trinajstić information content (AvgIpc) is 3.34. The van der Waals surface area contributed by atoms with Gasteiger partial charge in [-0.3, -0.25) is 9.48 Å². The van der Waals surface area contributed by atoms with Crippen molar-refractivity contribution in [3.05, 3.63) is 42.0 Å². The molecule has 2 saturated heterocycles. The SMILES string of the molecule is Cn1cc([C@H]2[C@H](CN3CCCCC3)OCCN2C(=O)c2ccc[nH]2)cn1. The number of H-pyrrole nitrogens is 1. The highest BCUT2D eigenvalue weighted by Crippen LogP contribution is 2.31. The lowest BCUT2D eigenvalue weighted by atomic mass is 9.99. The van der Waals surface area contributed by atoms with Crippen molar-refractivity contribution < 1.29 is 9.53 Å². The van der Waals surface area contributed by atoms with E-state index in [9.17, 15) is 4.79 Å². The van der Waals surface area contributed by atoms with Gasteiger partial charge in [-0.25, -0.2) is 0 Å². The Hall–Kier alpha value is -2.12. The van der Waals surface area contributed by atoms with Gasteiger partial charge < -0.3 is 19.5 Å². The largest absolute Gasteiger partial charge is 0.373 e. The molecule has 2 aliphatic heterocycles. The number of aromatic nitrogens is 3. The molecule has 1 N–H and O–H groups in total. The van der Waals surface area contributed by atoms with Crippen LogP contribution in [0.25, 0.3) is 0 Å². The number of likely N-dealkylation sites (tertiary alicyclic amines) is 1. The van der Waals surface area contributed by atoms with Crippen molar-refractivity contribution in [1.82, 2.24) is 24.6 Å². The number of hydrogen-bond acceptors (Lipinski definition) is 4. The van der Waals surface area contributed by atoms with E-state index in [1.54, 1.807) is 10.9 Å². The molecule has 4 rings (SSSR count). The van der Waals surface area contributed by atoms with E-state index >= 15 is 0 Å². The van der Waals surface area contributed by atoms with Crippen LogP contribution in [-0.2, 0) is 11.8 Å². The van der Waals surface area contributed by atoms with Crippen molar-refractivity contribution in [3.63, 3.8) is 0 Å². The summed E-state index contributed by atoms with van der Waals surface area (Å²) in [6.45, 7) is 4.25. The lowest BCUT2D eigenvalue weighted by Crippen LogP contribution is -2.52. The smallest absolute Gasteiger partial charge is 0.270 e. The van der Waals surface area contributed by atoms with Crippen LogP contribution in [0.4, 0.5) is 0 Å². The van der Waals surface area contributed by atoms with Crippen molar-refractivity contribution in [3.8, 4) is 0 Å². The first kappa shape index (κ1) is 17.3. The second-order valence-electron chi connectivity index (χ2n) is 7.25. The monoisotopic (exact) mass is 357 g/mol. The van der Waals surface area contributed by atoms with E-state index in [-0.39, 0.29) is 18.1 Å². The normalized spacial score (nSPS) is 24.7. The van der Waals surface area contributed by atoms with Crippen LogP contribution in [0.2, 0.25) is 0 Å². The predicted octanol–water partition coefficient (Wildman–Crippen LogP) is 1.82. The van der Waals surface area contributed by atoms with Crippen molar-refractivity contribution in [2.24, 2.45) is 7.05 Å². The third-order valence-corrected chi connectivity index (χ3v) is 5.39. The quantitative estimate of drug-likeness (QED) is 0.906. The van der Waals surface area contributed by atoms with Crippen LogP contribution in [0.5, 0.6) is 0 Å². The summed E-state index contributed by atoms with van der Waals surface area (Å²) in [6.07, 6.45) is 9.41. The van der Waals surface area contributed by atoms with Gasteiger partial charge in [0.2, 0.25) is 0 Å². The van der Waals surface area contributed by atoms with Crippen LogP contribution < -0.4 is 0 Å². The van der Waals surface area contributed by atoms with Gasteiger partial charge in [-0.15, -0.1) is 0 Å². The Morgan fingerprint density at radius 3 is 2.85 bits per heavy atom. The Bertz CT molecular complexity index is 720. The van der Waals surface area contributed by atoms with Crippen molar-refractivity contribution in [2.45, 2.75) is 31.4 Å². The molecule has 0 aromatic carbocycles. The van der Waals surface area contributed by atoms with Crippen LogP contribution in [0, 0.1) is 0 Å². The van der Waals surface area contributed by atoms with E-state index in [4.69, 9.17) is 4.74 Å². The molecule has 2 atom stereocenters. The molecule has 2 aliphatic rings. The van der Waals surface area contributed by atoms with Crippen molar-refractivity contribution in [2.75, 3.05) is 32.8 Å². The maximum atomic E-state index is 13.1. The fraction of sp³-hybridized carbons (Fsp3) is 0.579. The minimum Gasteiger partial charge on any atom is -0.373 e. The lowest BCUT2D eigenvalue weighted by molar-refractivity contribution is -0.0742. The van der Waals surface area contributed by atoms with Gasteiger partial charge >= 0.3 is 0 Å². The van der Waals surface area contributed by atoms with E-state index in [2.05, 4.69) is 15.0 Å². The van der Waals surface area contributed by atoms with E-state index < -0.39 is 0 Å². The first-order chi connectivity index (χ1) is 12.7. The number of aryl methyl sites for hydroxylation is 1. The van der Waals surface area contributed by atoms with Gasteiger partial charge in [0.15, 0.2) is 0 Å². The molecular formula is C19H27N5O2. The van der Waals surface area contributed by atoms with Gasteiger partial charge in [0.25, 0.3) is 5.91 Å². The van der Waals surface area contributed by atoms with Gasteiger partial charge in [0, 0.05) is 38.1 Å². The number of rotatable bonds is 4. The molecule has 2 fully saturated rings. The van der Waals surface area contributed by atoms with E-state index in [1.807, 2.05) is 36.5 Å². The van der Waals surface area contributed by atoms with Crippen LogP contribution in [0.3, 0.4) is 0 Å². The predicted molar refractivity (Wildman–Crippen MR) is 97.8 cm³/mol. The highest BCUT2D eigenvalue weighted by atomic mass is 16.5. The Morgan fingerprint density at radius 1 is 1.31 bits per heavy atom. The first-order valence-corrected chi connectivity index (χ1v) is 9.49. The van der Waals surface area contributed by atoms with Crippen molar-refractivity contribution in [1.29, 1.82) is 0 Å². The summed E-state index contributed by atoms with van der Waals surface area (Å²) in [4.78, 5) is 20.5. The molecule has 1 amide bonds. The van der Waals surface area contributed by atoms with Gasteiger partial charge in [-0.05, 0) is 38.1 Å². The van der Waals surface area contributed by atoms with E-state index in [0.717, 1.165) is 25.2 Å². The van der Waals surface area contributed by atoms with E-state index in [0.29, 0.717) is 18.8 Å². The standard InChI is InChI=1S/C19H27N5O2/c1-22-13-15(12-21-22)18-17(14-23-8-3-2-4-9-23)26-11-10-24(18)19(25)16-6-5-7-20-16/h5-7,12-13,17-18,20H,2-4,8-11,14H2,1H3/t17-,18-/m0/s1. The number of aromatic amines is 1. The molecule has 7 nitrogen and oxygen atoms in total. The molecule has 7 heteroatoms. The summed E-state index contributed by atoms with van der Waals surface area (Å²) in [7, 11) is 1.91. The molecule has 0 bridgehead atoms. The molecular weight excluding hydrogens is 330 g/mol. The molecule has 140 valence electrons. The second-order valence-corrected chi connectivity index (χ2v) is 7.25. The minimum absolute atomic E-state index is 0.0239. The maximum Gasteiger partial charge on any atom is 0.270 e. The number of carbonyl (C=O) groups is 1. The van der Waals surface area contributed by atoms with Crippen molar-refractivity contribution >= 4 is 5.91 Å². The van der Waals surface area contributed by atoms with Crippen LogP contribution >= 0.6 is 0 Å². The number of piperidine rings is 1. The summed E-state index contributed by atoms with van der Waals surface area (Å²) >= 11 is 0. The third kappa shape index (κ3) is 3.54. The molecule has 0 unspecified atom stereocenters. The molecule has 2 aromatic rings. The third-order valence-electron chi connectivity index (χ3n) is 5.39. The molecule has 0 radical (unpaired) electrons. The van der Waals surface area contributed by atoms with Crippen LogP contribution in [0.1, 0.15) is 41.4 Å². The van der Waals surface area contributed by atoms with Crippen LogP contribution in [-0.4, -0.2) is 69.4 Å². The fourth-order valence-electron chi connectivity index (χ4n) is 4.12. The Morgan fingerprint density at radius 2 is 2.15 bits per heavy atom. The lowest BCUT2D eigenvalue weighted by Gasteiger charge is -2.43. The van der Waals surface area contributed by atoms with Crippen LogP contribution in [0.15, 0.2) is 30.7 Å². The summed E-state index contributed by atoms with van der Waals surface area (Å²) < 4.78 is 7.96. The summed E-state index contributed by atoms with van der Waals surface area (Å²) in [5.74, 6) is 0.0239. The molecule has 0 spiro atoms. The maximum absolute atomic E-state index is 13.1. The number of ether oxygens (including phenoxy) is 1. The second kappa shape index (κ2) is 7.63. The fourth-order valence-corrected chi connectivity index (χ4v) is 4.12. The Balaban J connectivity index is 1.60. The molecule has 26 heavy (non-hydrogen) atoms. The van der Waals surface area contributed by atoms with Gasteiger partial charge in [-0.1, -0.05) is 6.42 Å². The Labute approximate surface area is 153 Å². The zero-order valence-corrected chi connectivity index (χ0v) is 15.3. The average molecular weight is 357 g/mol. The number of hydrogen-bond donors (Lipinski definition) is 1. The zero-order valence-electron chi connectivity index (χ0n) is 15.3. The van der Waals surface area contributed by atoms with E-state index in [1.165, 1.54) is 19.3 Å². The zero-order chi connectivity index (χ0) is 17.9. The topological polar surface area (TPSA) is 66.4 Å². The number of nitrogens with zero attached hydrogens (tertiary/aromatic N) is 4. The number of amides is 1. The molecule has 4 heterocycles. The molecule has 0 saturated carbocycles. The number of carbonyl (C=O) groups excluding carboxylic acids is 1. The number of nitrogens with one attached hydrogen (secondary N) is 1. The Kier molecular flexibility index (Phi) is 5.08. The van der Waals surface area contributed by atoms with Gasteiger partial charge in [0.1, 0.15) is 5.69 Å².